The molecular formula is C16H15FO. The molecule has 0 aliphatic carbocycles. The fourth-order valence-electron chi connectivity index (χ4n) is 1.96. The van der Waals surface area contributed by atoms with Crippen LogP contribution in [0.1, 0.15) is 25.3 Å². The van der Waals surface area contributed by atoms with E-state index in [2.05, 4.69) is 0 Å². The average molecular weight is 242 g/mol. The zero-order chi connectivity index (χ0) is 13.1. The highest BCUT2D eigenvalue weighted by atomic mass is 19.1. The van der Waals surface area contributed by atoms with Gasteiger partial charge in [0.15, 0.2) is 5.43 Å². The van der Waals surface area contributed by atoms with E-state index in [1.54, 1.807) is 42.5 Å². The monoisotopic (exact) mass is 242 g/mol. The van der Waals surface area contributed by atoms with E-state index in [9.17, 15) is 9.18 Å². The summed E-state index contributed by atoms with van der Waals surface area (Å²) in [6.07, 6.45) is 0. The minimum Gasteiger partial charge on any atom is -0.289 e. The molecular weight excluding hydrogens is 227 g/mol. The molecule has 0 aromatic heterocycles. The summed E-state index contributed by atoms with van der Waals surface area (Å²) in [6, 6.07) is 13.5. The van der Waals surface area contributed by atoms with Crippen LogP contribution in [0.3, 0.4) is 0 Å². The molecule has 0 amide bonds. The number of hydrogen-bond acceptors (Lipinski definition) is 1. The van der Waals surface area contributed by atoms with Crippen molar-refractivity contribution < 1.29 is 4.39 Å². The molecule has 0 saturated carbocycles. The van der Waals surface area contributed by atoms with Crippen molar-refractivity contribution in [3.63, 3.8) is 0 Å². The average Bonchev–Trinajstić information content (AvgIpc) is 2.54. The summed E-state index contributed by atoms with van der Waals surface area (Å²) in [5.41, 5.74) is 1.25. The van der Waals surface area contributed by atoms with Gasteiger partial charge >= 0.3 is 0 Å². The second-order valence-corrected chi connectivity index (χ2v) is 4.55. The minimum absolute atomic E-state index is 0.0949. The van der Waals surface area contributed by atoms with Gasteiger partial charge < -0.3 is 0 Å². The Morgan fingerprint density at radius 2 is 1.56 bits per heavy atom. The van der Waals surface area contributed by atoms with E-state index in [0.717, 1.165) is 0 Å². The van der Waals surface area contributed by atoms with Crippen molar-refractivity contribution in [2.45, 2.75) is 19.8 Å². The van der Waals surface area contributed by atoms with Gasteiger partial charge in [0.2, 0.25) is 0 Å². The molecule has 0 fully saturated rings. The Morgan fingerprint density at radius 3 is 2.28 bits per heavy atom. The number of benzene rings is 1. The predicted octanol–water partition coefficient (Wildman–Crippen LogP) is 3.98. The van der Waals surface area contributed by atoms with Crippen LogP contribution in [0.25, 0.3) is 11.1 Å². The third-order valence-corrected chi connectivity index (χ3v) is 2.94. The van der Waals surface area contributed by atoms with Gasteiger partial charge in [-0.05, 0) is 17.5 Å². The molecule has 0 aliphatic heterocycles. The number of halogens is 1. The first-order chi connectivity index (χ1) is 8.61. The summed E-state index contributed by atoms with van der Waals surface area (Å²) in [5.74, 6) is -0.201. The molecule has 0 spiro atoms. The van der Waals surface area contributed by atoms with Crippen molar-refractivity contribution >= 4 is 0 Å². The van der Waals surface area contributed by atoms with Crippen LogP contribution in [0.2, 0.25) is 0 Å². The Balaban J connectivity index is 2.70. The van der Waals surface area contributed by atoms with E-state index >= 15 is 0 Å². The van der Waals surface area contributed by atoms with Gasteiger partial charge in [0, 0.05) is 11.1 Å². The number of rotatable bonds is 2. The molecule has 0 unspecified atom stereocenters. The van der Waals surface area contributed by atoms with Gasteiger partial charge in [-0.25, -0.2) is 4.39 Å². The van der Waals surface area contributed by atoms with E-state index in [1.807, 2.05) is 13.8 Å². The van der Waals surface area contributed by atoms with Gasteiger partial charge in [-0.2, -0.15) is 0 Å². The molecule has 2 rings (SSSR count). The molecule has 0 aliphatic rings. The van der Waals surface area contributed by atoms with Crippen molar-refractivity contribution in [1.29, 1.82) is 0 Å². The Labute approximate surface area is 106 Å². The van der Waals surface area contributed by atoms with Crippen molar-refractivity contribution in [3.05, 3.63) is 70.1 Å². The maximum Gasteiger partial charge on any atom is 0.186 e. The molecule has 2 heteroatoms. The molecule has 2 aromatic carbocycles. The standard InChI is InChI=1S/C16H15FO/c1-11(2)12-8-6-9-14(16(12)17)13-7-4-3-5-10-15(13)18/h3-11H,1-2H3. The molecule has 18 heavy (non-hydrogen) atoms. The molecule has 0 heterocycles. The molecule has 0 N–H and O–H groups in total. The third kappa shape index (κ3) is 2.33. The molecule has 0 saturated heterocycles. The topological polar surface area (TPSA) is 17.1 Å². The Morgan fingerprint density at radius 1 is 0.889 bits per heavy atom. The van der Waals surface area contributed by atoms with Crippen LogP contribution < -0.4 is 5.43 Å². The van der Waals surface area contributed by atoms with Crippen LogP contribution in [-0.4, -0.2) is 0 Å². The van der Waals surface area contributed by atoms with Crippen LogP contribution in [0.5, 0.6) is 0 Å². The SMILES string of the molecule is CC(C)c1cccc(-c2cccccc2=O)c1F. The van der Waals surface area contributed by atoms with Crippen molar-refractivity contribution in [2.75, 3.05) is 0 Å². The molecule has 2 aromatic rings. The molecule has 0 radical (unpaired) electrons. The summed E-state index contributed by atoms with van der Waals surface area (Å²) in [7, 11) is 0. The highest BCUT2D eigenvalue weighted by Crippen LogP contribution is 2.26. The van der Waals surface area contributed by atoms with Crippen LogP contribution in [-0.2, 0) is 0 Å². The third-order valence-electron chi connectivity index (χ3n) is 2.94. The van der Waals surface area contributed by atoms with Gasteiger partial charge in [-0.15, -0.1) is 0 Å². The van der Waals surface area contributed by atoms with Crippen LogP contribution >= 0.6 is 0 Å². The van der Waals surface area contributed by atoms with Gasteiger partial charge in [0.05, 0.1) is 0 Å². The minimum atomic E-state index is -0.296. The van der Waals surface area contributed by atoms with Gasteiger partial charge in [0.1, 0.15) is 5.82 Å². The van der Waals surface area contributed by atoms with E-state index in [1.165, 1.54) is 6.07 Å². The summed E-state index contributed by atoms with van der Waals surface area (Å²) in [4.78, 5) is 11.9. The van der Waals surface area contributed by atoms with E-state index in [4.69, 9.17) is 0 Å². The normalized spacial score (nSPS) is 10.7. The second kappa shape index (κ2) is 5.13. The Hall–Kier alpha value is -1.96. The zero-order valence-electron chi connectivity index (χ0n) is 10.5. The maximum absolute atomic E-state index is 14.4. The zero-order valence-corrected chi connectivity index (χ0v) is 10.5. The molecule has 0 atom stereocenters. The number of hydrogen-bond donors (Lipinski definition) is 0. The van der Waals surface area contributed by atoms with Crippen LogP contribution in [0.4, 0.5) is 4.39 Å². The fourth-order valence-corrected chi connectivity index (χ4v) is 1.96. The maximum atomic E-state index is 14.4. The lowest BCUT2D eigenvalue weighted by atomic mass is 9.97. The smallest absolute Gasteiger partial charge is 0.186 e. The van der Waals surface area contributed by atoms with E-state index in [-0.39, 0.29) is 17.2 Å². The van der Waals surface area contributed by atoms with Crippen LogP contribution in [0, 0.1) is 5.82 Å². The second-order valence-electron chi connectivity index (χ2n) is 4.55. The van der Waals surface area contributed by atoms with Crippen LogP contribution in [0.15, 0.2) is 53.3 Å². The first kappa shape index (κ1) is 12.5. The summed E-state index contributed by atoms with van der Waals surface area (Å²) >= 11 is 0. The molecule has 92 valence electrons. The highest BCUT2D eigenvalue weighted by molar-refractivity contribution is 5.64. The quantitative estimate of drug-likeness (QED) is 0.778. The fraction of sp³-hybridized carbons (Fsp3) is 0.188. The van der Waals surface area contributed by atoms with Gasteiger partial charge in [-0.3, -0.25) is 4.79 Å². The highest BCUT2D eigenvalue weighted by Gasteiger charge is 2.13. The molecule has 1 nitrogen and oxygen atoms in total. The van der Waals surface area contributed by atoms with Crippen molar-refractivity contribution in [3.8, 4) is 11.1 Å². The Kier molecular flexibility index (Phi) is 3.56. The lowest BCUT2D eigenvalue weighted by molar-refractivity contribution is 0.601. The van der Waals surface area contributed by atoms with Crippen molar-refractivity contribution in [2.24, 2.45) is 0 Å². The lowest BCUT2D eigenvalue weighted by Gasteiger charge is -2.10. The van der Waals surface area contributed by atoms with E-state index in [0.29, 0.717) is 16.7 Å². The first-order valence-electron chi connectivity index (χ1n) is 5.99. The summed E-state index contributed by atoms with van der Waals surface area (Å²) in [6.45, 7) is 3.87. The summed E-state index contributed by atoms with van der Waals surface area (Å²) in [5, 5.41) is 0. The Bertz CT molecular complexity index is 617. The largest absolute Gasteiger partial charge is 0.289 e. The van der Waals surface area contributed by atoms with Crippen molar-refractivity contribution in [1.82, 2.24) is 0 Å². The first-order valence-corrected chi connectivity index (χ1v) is 5.99. The lowest BCUT2D eigenvalue weighted by Crippen LogP contribution is -2.03. The predicted molar refractivity (Wildman–Crippen MR) is 72.2 cm³/mol. The van der Waals surface area contributed by atoms with Gasteiger partial charge in [-0.1, -0.05) is 56.3 Å². The van der Waals surface area contributed by atoms with Gasteiger partial charge in [0.25, 0.3) is 0 Å². The molecule has 0 bridgehead atoms. The summed E-state index contributed by atoms with van der Waals surface area (Å²) < 4.78 is 14.4. The van der Waals surface area contributed by atoms with E-state index < -0.39 is 0 Å².